The second-order valence-corrected chi connectivity index (χ2v) is 0.204. The summed E-state index contributed by atoms with van der Waals surface area (Å²) in [6, 6.07) is 0. The highest BCUT2D eigenvalue weighted by atomic mass is 16.8. The Hall–Kier alpha value is -0.640. The second-order valence-electron chi connectivity index (χ2n) is 0.204. The number of hydrogen-bond acceptors (Lipinski definition) is 3. The van der Waals surface area contributed by atoms with E-state index in [-0.39, 0.29) is 0 Å². The molecule has 3 N–H and O–H groups in total. The average Bonchev–Trinajstić information content (AvgIpc) is 1.37. The third-order valence-electron chi connectivity index (χ3n) is 0.0527. The van der Waals surface area contributed by atoms with E-state index < -0.39 is 0 Å². The maximum atomic E-state index is 8.64. The molecule has 0 fully saturated rings. The van der Waals surface area contributed by atoms with Crippen molar-refractivity contribution >= 4 is 0 Å². The number of nitrogens with zero attached hydrogens (tertiary/aromatic N) is 1. The summed E-state index contributed by atoms with van der Waals surface area (Å²) in [5.41, 5.74) is 0. The van der Waals surface area contributed by atoms with Gasteiger partial charge in [0, 0.05) is 4.94 Å². The standard InChI is InChI=1S/H3N2O2/c1-4-2-3/h1H3/q+2. The van der Waals surface area contributed by atoms with Crippen molar-refractivity contribution in [1.82, 2.24) is 5.34 Å². The molecule has 4 heavy (non-hydrogen) atoms. The van der Waals surface area contributed by atoms with E-state index >= 15 is 0 Å². The van der Waals surface area contributed by atoms with Crippen LogP contribution in [0.2, 0.25) is 0 Å². The zero-order valence-electron chi connectivity index (χ0n) is 1.97. The van der Waals surface area contributed by atoms with Gasteiger partial charge in [-0.15, -0.1) is 0 Å². The molecule has 0 unspecified atom stereocenters. The molecule has 23 valence electrons. The van der Waals surface area contributed by atoms with E-state index in [0.717, 1.165) is 0 Å². The SMILES string of the molecule is [NH3+]O[N+]=O. The molecule has 0 heterocycles. The van der Waals surface area contributed by atoms with Gasteiger partial charge in [-0.3, -0.25) is 0 Å². The Morgan fingerprint density at radius 1 is 2.00 bits per heavy atom. The van der Waals surface area contributed by atoms with Crippen molar-refractivity contribution in [1.29, 1.82) is 0 Å². The van der Waals surface area contributed by atoms with Crippen molar-refractivity contribution in [3.05, 3.63) is 4.91 Å². The lowest BCUT2D eigenvalue weighted by atomic mass is 13.2. The summed E-state index contributed by atoms with van der Waals surface area (Å²) in [6.45, 7) is 0. The van der Waals surface area contributed by atoms with Gasteiger partial charge in [-0.2, -0.15) is 0 Å². The van der Waals surface area contributed by atoms with Crippen molar-refractivity contribution < 1.29 is 10.8 Å². The van der Waals surface area contributed by atoms with Crippen LogP contribution in [0.5, 0.6) is 0 Å². The third kappa shape index (κ3) is 1.36. The minimum Gasteiger partial charge on any atom is -0.0955 e. The maximum absolute atomic E-state index is 8.64. The number of hydrogen-bond donors (Lipinski definition) is 1. The lowest BCUT2D eigenvalue weighted by molar-refractivity contribution is -0.704. The van der Waals surface area contributed by atoms with Gasteiger partial charge in [0.25, 0.3) is 0 Å². The van der Waals surface area contributed by atoms with E-state index in [1.54, 1.807) is 0 Å². The molecular formula is H3N2O2+2. The molecule has 0 spiro atoms. The fraction of sp³-hybridized carbons (Fsp3) is 0. The van der Waals surface area contributed by atoms with Crippen LogP contribution in [0.3, 0.4) is 0 Å². The Morgan fingerprint density at radius 2 is 2.25 bits per heavy atom. The summed E-state index contributed by atoms with van der Waals surface area (Å²) >= 11 is 0. The Balaban J connectivity index is 2.30. The van der Waals surface area contributed by atoms with Gasteiger partial charge < -0.3 is 0 Å². The van der Waals surface area contributed by atoms with Gasteiger partial charge >= 0.3 is 5.34 Å². The normalized spacial score (nSPS) is 5.25. The molecule has 1 radical (unpaired) electrons. The summed E-state index contributed by atoms with van der Waals surface area (Å²) in [5.74, 6) is 2.62. The summed E-state index contributed by atoms with van der Waals surface area (Å²) in [7, 11) is 0. The van der Waals surface area contributed by atoms with Crippen LogP contribution >= 0.6 is 0 Å². The molecule has 0 atom stereocenters. The molecule has 4 heteroatoms. The van der Waals surface area contributed by atoms with Crippen molar-refractivity contribution in [2.75, 3.05) is 0 Å². The van der Waals surface area contributed by atoms with Gasteiger partial charge in [0.15, 0.2) is 4.91 Å². The van der Waals surface area contributed by atoms with Crippen LogP contribution in [-0.4, -0.2) is 0 Å². The van der Waals surface area contributed by atoms with Crippen LogP contribution in [-0.2, 0) is 4.94 Å². The number of quaternary nitrogens is 1. The van der Waals surface area contributed by atoms with Crippen LogP contribution in [0.1, 0.15) is 0 Å². The predicted octanol–water partition coefficient (Wildman–Crippen LogP) is -1.82. The van der Waals surface area contributed by atoms with E-state index in [1.807, 2.05) is 5.34 Å². The zero-order valence-corrected chi connectivity index (χ0v) is 1.97. The van der Waals surface area contributed by atoms with E-state index in [1.165, 1.54) is 0 Å². The Labute approximate surface area is 22.4 Å². The lowest BCUT2D eigenvalue weighted by Gasteiger charge is -1.34. The summed E-state index contributed by atoms with van der Waals surface area (Å²) < 4.78 is 0. The van der Waals surface area contributed by atoms with Crippen LogP contribution in [0.15, 0.2) is 0 Å². The number of rotatable bonds is 1. The Morgan fingerprint density at radius 3 is 2.25 bits per heavy atom. The Bertz CT molecular complexity index is 18.0. The molecule has 0 aromatic carbocycles. The van der Waals surface area contributed by atoms with E-state index in [9.17, 15) is 0 Å². The van der Waals surface area contributed by atoms with Crippen LogP contribution in [0, 0.1) is 4.91 Å². The van der Waals surface area contributed by atoms with E-state index in [4.69, 9.17) is 4.91 Å². The molecule has 0 bridgehead atoms. The smallest absolute Gasteiger partial charge is 0.0955 e. The van der Waals surface area contributed by atoms with Crippen molar-refractivity contribution in [2.24, 2.45) is 0 Å². The van der Waals surface area contributed by atoms with Gasteiger partial charge in [-0.25, -0.2) is 0 Å². The first kappa shape index (κ1) is 3.36. The molecule has 0 aliphatic rings. The van der Waals surface area contributed by atoms with Gasteiger partial charge in [-0.1, -0.05) is 5.90 Å². The summed E-state index contributed by atoms with van der Waals surface area (Å²) in [6.07, 6.45) is 0. The molecule has 0 aromatic rings. The topological polar surface area (TPSA) is 68.0 Å². The van der Waals surface area contributed by atoms with Crippen molar-refractivity contribution in [3.8, 4) is 0 Å². The maximum Gasteiger partial charge on any atom is 0.678 e. The molecule has 0 aliphatic heterocycles. The van der Waals surface area contributed by atoms with Crippen molar-refractivity contribution in [2.45, 2.75) is 0 Å². The second kappa shape index (κ2) is 2.36. The largest absolute Gasteiger partial charge is 0.678 e. The van der Waals surface area contributed by atoms with Gasteiger partial charge in [0.2, 0.25) is 0 Å². The highest BCUT2D eigenvalue weighted by molar-refractivity contribution is 3.77. The molecular weight excluding hydrogens is 60.0 g/mol. The summed E-state index contributed by atoms with van der Waals surface area (Å²) in [4.78, 5) is 12.0. The lowest BCUT2D eigenvalue weighted by Crippen LogP contribution is -2.49. The summed E-state index contributed by atoms with van der Waals surface area (Å²) in [5, 5.41) is 1.88. The average molecular weight is 63.0 g/mol. The zero-order chi connectivity index (χ0) is 3.41. The molecule has 0 saturated heterocycles. The molecule has 0 aliphatic carbocycles. The predicted molar refractivity (Wildman–Crippen MR) is 9.47 cm³/mol. The molecule has 0 saturated carbocycles. The molecule has 0 amide bonds. The van der Waals surface area contributed by atoms with Gasteiger partial charge in [0.1, 0.15) is 0 Å². The van der Waals surface area contributed by atoms with Crippen LogP contribution < -0.4 is 11.2 Å². The first-order valence-electron chi connectivity index (χ1n) is 0.654. The highest BCUT2D eigenvalue weighted by Gasteiger charge is 1.80. The fourth-order valence-corrected chi connectivity index (χ4v) is 0. The van der Waals surface area contributed by atoms with Crippen molar-refractivity contribution in [3.63, 3.8) is 0 Å². The first-order chi connectivity index (χ1) is 1.91. The first-order valence-corrected chi connectivity index (χ1v) is 0.654. The minimum atomic E-state index is 1.88. The van der Waals surface area contributed by atoms with E-state index in [2.05, 4.69) is 10.8 Å². The molecule has 0 aromatic heterocycles. The highest BCUT2D eigenvalue weighted by Crippen LogP contribution is 1.13. The van der Waals surface area contributed by atoms with Gasteiger partial charge in [0.05, 0.1) is 0 Å². The quantitative estimate of drug-likeness (QED) is 0.364. The monoisotopic (exact) mass is 63.0 g/mol. The van der Waals surface area contributed by atoms with Crippen LogP contribution in [0.4, 0.5) is 0 Å². The van der Waals surface area contributed by atoms with E-state index in [0.29, 0.717) is 0 Å². The Kier molecular flexibility index (Phi) is 1.98. The fourth-order valence-electron chi connectivity index (χ4n) is 0. The molecule has 0 rings (SSSR count). The minimum absolute atomic E-state index is 1.88. The van der Waals surface area contributed by atoms with Gasteiger partial charge in [-0.05, 0) is 0 Å². The molecule has 4 nitrogen and oxygen atoms in total. The van der Waals surface area contributed by atoms with Crippen LogP contribution in [0.25, 0.3) is 0 Å². The third-order valence-corrected chi connectivity index (χ3v) is 0.0527.